The number of para-hydroxylation sites is 1. The Morgan fingerprint density at radius 1 is 1.04 bits per heavy atom. The second-order valence-electron chi connectivity index (χ2n) is 5.12. The number of aromatic nitrogens is 3. The molecule has 1 heterocycles. The maximum absolute atomic E-state index is 12.8. The van der Waals surface area contributed by atoms with Gasteiger partial charge in [0.15, 0.2) is 11.3 Å². The zero-order valence-electron chi connectivity index (χ0n) is 12.7. The fourth-order valence-corrected chi connectivity index (χ4v) is 2.15. The van der Waals surface area contributed by atoms with Crippen LogP contribution >= 0.6 is 0 Å². The van der Waals surface area contributed by atoms with Crippen LogP contribution in [-0.4, -0.2) is 14.8 Å². The predicted molar refractivity (Wildman–Crippen MR) is 86.4 cm³/mol. The highest BCUT2D eigenvalue weighted by atomic mass is 19.4. The lowest BCUT2D eigenvalue weighted by Gasteiger charge is -2.12. The van der Waals surface area contributed by atoms with Crippen LogP contribution in [0.5, 0.6) is 0 Å². The normalized spacial score (nSPS) is 11.3. The highest BCUT2D eigenvalue weighted by Gasteiger charge is 2.30. The van der Waals surface area contributed by atoms with E-state index in [2.05, 4.69) is 15.4 Å². The molecule has 6 nitrogen and oxygen atoms in total. The van der Waals surface area contributed by atoms with E-state index in [9.17, 15) is 13.2 Å². The molecule has 9 heteroatoms. The summed E-state index contributed by atoms with van der Waals surface area (Å²) >= 11 is 0. The molecule has 3 rings (SSSR count). The Hall–Kier alpha value is -3.36. The summed E-state index contributed by atoms with van der Waals surface area (Å²) in [6.07, 6.45) is -4.45. The number of halogens is 3. The van der Waals surface area contributed by atoms with Gasteiger partial charge in [0.1, 0.15) is 0 Å². The van der Waals surface area contributed by atoms with E-state index in [1.807, 2.05) is 0 Å². The summed E-state index contributed by atoms with van der Waals surface area (Å²) in [4.78, 5) is 3.91. The van der Waals surface area contributed by atoms with Crippen molar-refractivity contribution in [3.63, 3.8) is 0 Å². The zero-order valence-corrected chi connectivity index (χ0v) is 12.7. The molecular formula is C16H13F3N6. The molecule has 0 saturated heterocycles. The Labute approximate surface area is 140 Å². The van der Waals surface area contributed by atoms with Crippen molar-refractivity contribution in [2.75, 3.05) is 11.1 Å². The van der Waals surface area contributed by atoms with Crippen molar-refractivity contribution in [3.05, 3.63) is 65.6 Å². The van der Waals surface area contributed by atoms with Gasteiger partial charge in [-0.05, 0) is 30.3 Å². The number of anilines is 3. The quantitative estimate of drug-likeness (QED) is 0.679. The summed E-state index contributed by atoms with van der Waals surface area (Å²) in [6, 6.07) is 13.4. The SMILES string of the molecule is N=c1c(N)nc(Nc2cccc(C(F)(F)F)c2)nn1-c1ccccc1. The Bertz CT molecular complexity index is 950. The van der Waals surface area contributed by atoms with Crippen LogP contribution < -0.4 is 16.5 Å². The smallest absolute Gasteiger partial charge is 0.380 e. The molecule has 0 fully saturated rings. The lowest BCUT2D eigenvalue weighted by atomic mass is 10.2. The second kappa shape index (κ2) is 6.27. The lowest BCUT2D eigenvalue weighted by Crippen LogP contribution is -2.26. The molecule has 128 valence electrons. The van der Waals surface area contributed by atoms with E-state index in [1.54, 1.807) is 30.3 Å². The summed E-state index contributed by atoms with van der Waals surface area (Å²) in [5, 5.41) is 14.8. The number of nitrogen functional groups attached to an aromatic ring is 1. The third-order valence-electron chi connectivity index (χ3n) is 3.32. The van der Waals surface area contributed by atoms with E-state index in [-0.39, 0.29) is 22.9 Å². The second-order valence-corrected chi connectivity index (χ2v) is 5.12. The van der Waals surface area contributed by atoms with Gasteiger partial charge in [-0.25, -0.2) is 4.68 Å². The van der Waals surface area contributed by atoms with E-state index >= 15 is 0 Å². The average Bonchev–Trinajstić information content (AvgIpc) is 2.58. The number of nitrogens with zero attached hydrogens (tertiary/aromatic N) is 3. The van der Waals surface area contributed by atoms with E-state index in [0.29, 0.717) is 5.69 Å². The average molecular weight is 346 g/mol. The number of hydrogen-bond acceptors (Lipinski definition) is 5. The van der Waals surface area contributed by atoms with Gasteiger partial charge in [0.25, 0.3) is 0 Å². The third-order valence-corrected chi connectivity index (χ3v) is 3.32. The molecule has 0 aliphatic heterocycles. The van der Waals surface area contributed by atoms with E-state index in [0.717, 1.165) is 12.1 Å². The number of nitrogens with two attached hydrogens (primary N) is 1. The van der Waals surface area contributed by atoms with Gasteiger partial charge in [-0.2, -0.15) is 18.2 Å². The van der Waals surface area contributed by atoms with Crippen LogP contribution in [0, 0.1) is 5.41 Å². The molecule has 0 radical (unpaired) electrons. The minimum absolute atomic E-state index is 0.0170. The maximum atomic E-state index is 12.8. The molecule has 0 amide bonds. The Morgan fingerprint density at radius 2 is 1.76 bits per heavy atom. The van der Waals surface area contributed by atoms with E-state index in [1.165, 1.54) is 16.8 Å². The predicted octanol–water partition coefficient (Wildman–Crippen LogP) is 3.09. The molecule has 0 atom stereocenters. The third kappa shape index (κ3) is 3.60. The Morgan fingerprint density at radius 3 is 2.44 bits per heavy atom. The molecule has 25 heavy (non-hydrogen) atoms. The van der Waals surface area contributed by atoms with Crippen LogP contribution in [0.15, 0.2) is 54.6 Å². The fourth-order valence-electron chi connectivity index (χ4n) is 2.15. The summed E-state index contributed by atoms with van der Waals surface area (Å²) in [5.41, 5.74) is 5.55. The lowest BCUT2D eigenvalue weighted by molar-refractivity contribution is -0.137. The fraction of sp³-hybridized carbons (Fsp3) is 0.0625. The molecular weight excluding hydrogens is 333 g/mol. The number of nitrogens with one attached hydrogen (secondary N) is 2. The summed E-state index contributed by atoms with van der Waals surface area (Å²) in [7, 11) is 0. The first-order valence-electron chi connectivity index (χ1n) is 7.16. The van der Waals surface area contributed by atoms with Gasteiger partial charge in [-0.1, -0.05) is 24.3 Å². The van der Waals surface area contributed by atoms with Crippen LogP contribution in [0.25, 0.3) is 5.69 Å². The van der Waals surface area contributed by atoms with Crippen LogP contribution in [0.2, 0.25) is 0 Å². The molecule has 0 unspecified atom stereocenters. The first kappa shape index (κ1) is 16.5. The number of benzene rings is 2. The van der Waals surface area contributed by atoms with Gasteiger partial charge in [0, 0.05) is 5.69 Å². The molecule has 0 saturated carbocycles. The number of alkyl halides is 3. The van der Waals surface area contributed by atoms with Gasteiger partial charge in [-0.3, -0.25) is 5.41 Å². The largest absolute Gasteiger partial charge is 0.416 e. The van der Waals surface area contributed by atoms with Crippen molar-refractivity contribution in [2.24, 2.45) is 0 Å². The van der Waals surface area contributed by atoms with Crippen LogP contribution in [0.4, 0.5) is 30.6 Å². The molecule has 0 spiro atoms. The number of hydrogen-bond donors (Lipinski definition) is 3. The van der Waals surface area contributed by atoms with Crippen molar-refractivity contribution in [1.82, 2.24) is 14.8 Å². The molecule has 0 bridgehead atoms. The topological polar surface area (TPSA) is 92.6 Å². The number of rotatable bonds is 3. The van der Waals surface area contributed by atoms with Crippen LogP contribution in [0.1, 0.15) is 5.56 Å². The van der Waals surface area contributed by atoms with Crippen LogP contribution in [0.3, 0.4) is 0 Å². The van der Waals surface area contributed by atoms with Crippen molar-refractivity contribution in [2.45, 2.75) is 6.18 Å². The monoisotopic (exact) mass is 346 g/mol. The minimum Gasteiger partial charge on any atom is -0.380 e. The van der Waals surface area contributed by atoms with Crippen molar-refractivity contribution < 1.29 is 13.2 Å². The summed E-state index contributed by atoms with van der Waals surface area (Å²) < 4.78 is 39.7. The molecule has 2 aromatic carbocycles. The van der Waals surface area contributed by atoms with Crippen LogP contribution in [-0.2, 0) is 6.18 Å². The summed E-state index contributed by atoms with van der Waals surface area (Å²) in [6.45, 7) is 0. The van der Waals surface area contributed by atoms with Gasteiger partial charge in [-0.15, -0.1) is 5.10 Å². The van der Waals surface area contributed by atoms with Crippen molar-refractivity contribution >= 4 is 17.5 Å². The van der Waals surface area contributed by atoms with Crippen molar-refractivity contribution in [3.8, 4) is 5.69 Å². The molecule has 0 aliphatic rings. The van der Waals surface area contributed by atoms with Gasteiger partial charge in [0.05, 0.1) is 11.3 Å². The molecule has 3 aromatic rings. The highest BCUT2D eigenvalue weighted by Crippen LogP contribution is 2.31. The van der Waals surface area contributed by atoms with Crippen molar-refractivity contribution in [1.29, 1.82) is 5.41 Å². The van der Waals surface area contributed by atoms with Gasteiger partial charge in [0.2, 0.25) is 5.95 Å². The summed E-state index contributed by atoms with van der Waals surface area (Å²) in [5.74, 6) is -0.120. The standard InChI is InChI=1S/C16H13F3N6/c17-16(18,19)10-5-4-6-11(9-10)22-15-23-13(20)14(21)25(24-15)12-7-2-1-3-8-12/h1-9,21H,(H3,20,22,23,24). The first-order chi connectivity index (χ1) is 11.8. The van der Waals surface area contributed by atoms with Gasteiger partial charge < -0.3 is 11.1 Å². The highest BCUT2D eigenvalue weighted by molar-refractivity contribution is 5.55. The molecule has 0 aliphatic carbocycles. The Kier molecular flexibility index (Phi) is 4.14. The first-order valence-corrected chi connectivity index (χ1v) is 7.16. The van der Waals surface area contributed by atoms with E-state index in [4.69, 9.17) is 11.1 Å². The molecule has 4 N–H and O–H groups in total. The molecule has 1 aromatic heterocycles. The Balaban J connectivity index is 2.00. The zero-order chi connectivity index (χ0) is 18.0. The minimum atomic E-state index is -4.45. The van der Waals surface area contributed by atoms with Gasteiger partial charge >= 0.3 is 6.18 Å². The maximum Gasteiger partial charge on any atom is 0.416 e. The van der Waals surface area contributed by atoms with E-state index < -0.39 is 11.7 Å².